The predicted molar refractivity (Wildman–Crippen MR) is 149 cm³/mol. The molecule has 0 spiro atoms. The third kappa shape index (κ3) is 6.30. The first-order chi connectivity index (χ1) is 17.8. The molecule has 0 aliphatic rings. The van der Waals surface area contributed by atoms with Gasteiger partial charge in [-0.3, -0.25) is 9.10 Å². The number of sulfonamides is 1. The summed E-state index contributed by atoms with van der Waals surface area (Å²) in [6.07, 6.45) is 0.797. The smallest absolute Gasteiger partial charge is 0.264 e. The van der Waals surface area contributed by atoms with Gasteiger partial charge in [-0.2, -0.15) is 0 Å². The standard InChI is InChI=1S/C30H32N2O4S/c1-22-11-17-28(18-12-22)37(34,35)32(26-13-15-27(36-3)16-14-26)21-30(33)31-20-23(2)19-25-9-6-8-24-7-4-5-10-29(24)25/h4-18,23H,19-21H2,1-3H3,(H,31,33). The molecule has 4 aromatic rings. The Balaban J connectivity index is 1.48. The number of aryl methyl sites for hydroxylation is 1. The van der Waals surface area contributed by atoms with Crippen LogP contribution in [-0.2, 0) is 21.2 Å². The van der Waals surface area contributed by atoms with Gasteiger partial charge in [-0.15, -0.1) is 0 Å². The molecule has 0 saturated carbocycles. The number of anilines is 1. The van der Waals surface area contributed by atoms with Crippen LogP contribution in [0, 0.1) is 12.8 Å². The number of hydrogen-bond acceptors (Lipinski definition) is 4. The van der Waals surface area contributed by atoms with Gasteiger partial charge in [-0.1, -0.05) is 67.1 Å². The van der Waals surface area contributed by atoms with E-state index >= 15 is 0 Å². The van der Waals surface area contributed by atoms with Crippen molar-refractivity contribution >= 4 is 32.4 Å². The molecule has 37 heavy (non-hydrogen) atoms. The fraction of sp³-hybridized carbons (Fsp3) is 0.233. The van der Waals surface area contributed by atoms with Crippen LogP contribution in [0.5, 0.6) is 5.75 Å². The summed E-state index contributed by atoms with van der Waals surface area (Å²) in [5, 5.41) is 5.33. The van der Waals surface area contributed by atoms with Crippen LogP contribution in [-0.4, -0.2) is 34.5 Å². The SMILES string of the molecule is COc1ccc(N(CC(=O)NCC(C)Cc2cccc3ccccc23)S(=O)(=O)c2ccc(C)cc2)cc1. The van der Waals surface area contributed by atoms with E-state index in [0.717, 1.165) is 16.3 Å². The number of ether oxygens (including phenoxy) is 1. The molecule has 1 unspecified atom stereocenters. The Bertz CT molecular complexity index is 1460. The molecule has 1 N–H and O–H groups in total. The van der Waals surface area contributed by atoms with Crippen LogP contribution < -0.4 is 14.4 Å². The maximum atomic E-state index is 13.6. The highest BCUT2D eigenvalue weighted by molar-refractivity contribution is 7.92. The number of benzene rings is 4. The number of nitrogens with one attached hydrogen (secondary N) is 1. The van der Waals surface area contributed by atoms with Crippen LogP contribution in [0.1, 0.15) is 18.1 Å². The Kier molecular flexibility index (Phi) is 8.14. The first-order valence-corrected chi connectivity index (χ1v) is 13.7. The van der Waals surface area contributed by atoms with Crippen molar-refractivity contribution in [1.82, 2.24) is 5.32 Å². The summed E-state index contributed by atoms with van der Waals surface area (Å²) in [4.78, 5) is 13.1. The summed E-state index contributed by atoms with van der Waals surface area (Å²) in [6, 6.07) is 27.7. The summed E-state index contributed by atoms with van der Waals surface area (Å²) >= 11 is 0. The van der Waals surface area contributed by atoms with Crippen LogP contribution in [0.15, 0.2) is 95.9 Å². The second kappa shape index (κ2) is 11.5. The van der Waals surface area contributed by atoms with Gasteiger partial charge < -0.3 is 10.1 Å². The van der Waals surface area contributed by atoms with Crippen molar-refractivity contribution < 1.29 is 17.9 Å². The molecule has 0 bridgehead atoms. The average Bonchev–Trinajstić information content (AvgIpc) is 2.91. The number of hydrogen-bond donors (Lipinski definition) is 1. The molecule has 1 atom stereocenters. The minimum Gasteiger partial charge on any atom is -0.497 e. The second-order valence-electron chi connectivity index (χ2n) is 9.27. The summed E-state index contributed by atoms with van der Waals surface area (Å²) < 4.78 is 33.5. The van der Waals surface area contributed by atoms with E-state index in [-0.39, 0.29) is 23.3 Å². The van der Waals surface area contributed by atoms with Crippen molar-refractivity contribution in [2.45, 2.75) is 25.2 Å². The van der Waals surface area contributed by atoms with Crippen molar-refractivity contribution in [1.29, 1.82) is 0 Å². The first-order valence-electron chi connectivity index (χ1n) is 12.2. The van der Waals surface area contributed by atoms with Crippen molar-refractivity contribution in [3.05, 3.63) is 102 Å². The molecule has 1 amide bonds. The minimum absolute atomic E-state index is 0.131. The Hall–Kier alpha value is -3.84. The lowest BCUT2D eigenvalue weighted by molar-refractivity contribution is -0.119. The monoisotopic (exact) mass is 516 g/mol. The van der Waals surface area contributed by atoms with E-state index in [4.69, 9.17) is 4.74 Å². The molecule has 0 radical (unpaired) electrons. The van der Waals surface area contributed by atoms with Crippen molar-refractivity contribution in [3.8, 4) is 5.75 Å². The molecule has 0 aliphatic carbocycles. The molecule has 7 heteroatoms. The highest BCUT2D eigenvalue weighted by Gasteiger charge is 2.27. The molecule has 6 nitrogen and oxygen atoms in total. The van der Waals surface area contributed by atoms with Crippen LogP contribution in [0.25, 0.3) is 10.8 Å². The normalized spacial score (nSPS) is 12.2. The molecule has 4 aromatic carbocycles. The summed E-state index contributed by atoms with van der Waals surface area (Å²) in [7, 11) is -2.42. The van der Waals surface area contributed by atoms with E-state index in [1.807, 2.05) is 25.1 Å². The number of methoxy groups -OCH3 is 1. The molecule has 0 saturated heterocycles. The van der Waals surface area contributed by atoms with Crippen LogP contribution >= 0.6 is 0 Å². The average molecular weight is 517 g/mol. The van der Waals surface area contributed by atoms with Gasteiger partial charge >= 0.3 is 0 Å². The number of carbonyl (C=O) groups excluding carboxylic acids is 1. The molecular weight excluding hydrogens is 484 g/mol. The van der Waals surface area contributed by atoms with E-state index in [1.54, 1.807) is 55.6 Å². The topological polar surface area (TPSA) is 75.7 Å². The van der Waals surface area contributed by atoms with E-state index in [9.17, 15) is 13.2 Å². The largest absolute Gasteiger partial charge is 0.497 e. The molecule has 0 fully saturated rings. The van der Waals surface area contributed by atoms with Gasteiger partial charge in [-0.05, 0) is 72.0 Å². The quantitative estimate of drug-likeness (QED) is 0.308. The maximum absolute atomic E-state index is 13.6. The first kappa shape index (κ1) is 26.2. The number of fused-ring (bicyclic) bond motifs is 1. The lowest BCUT2D eigenvalue weighted by atomic mass is 9.96. The number of rotatable bonds is 10. The zero-order valence-corrected chi connectivity index (χ0v) is 22.2. The van der Waals surface area contributed by atoms with Crippen molar-refractivity contribution in [2.75, 3.05) is 24.5 Å². The minimum atomic E-state index is -3.97. The highest BCUT2D eigenvalue weighted by Crippen LogP contribution is 2.26. The molecule has 4 rings (SSSR count). The lowest BCUT2D eigenvalue weighted by Gasteiger charge is -2.25. The third-order valence-corrected chi connectivity index (χ3v) is 8.14. The van der Waals surface area contributed by atoms with Gasteiger partial charge in [0.15, 0.2) is 0 Å². The Morgan fingerprint density at radius 3 is 2.30 bits per heavy atom. The molecule has 0 aliphatic heterocycles. The van der Waals surface area contributed by atoms with Gasteiger partial charge in [0.05, 0.1) is 17.7 Å². The van der Waals surface area contributed by atoms with E-state index < -0.39 is 10.0 Å². The zero-order valence-electron chi connectivity index (χ0n) is 21.3. The number of carbonyl (C=O) groups is 1. The van der Waals surface area contributed by atoms with E-state index in [2.05, 4.69) is 36.5 Å². The van der Waals surface area contributed by atoms with E-state index in [1.165, 1.54) is 16.3 Å². The highest BCUT2D eigenvalue weighted by atomic mass is 32.2. The van der Waals surface area contributed by atoms with Crippen molar-refractivity contribution in [2.24, 2.45) is 5.92 Å². The summed E-state index contributed by atoms with van der Waals surface area (Å²) in [5.74, 6) is 0.400. The zero-order chi connectivity index (χ0) is 26.4. The Labute approximate surface area is 218 Å². The summed E-state index contributed by atoms with van der Waals surface area (Å²) in [6.45, 7) is 4.07. The fourth-order valence-corrected chi connectivity index (χ4v) is 5.71. The van der Waals surface area contributed by atoms with Crippen LogP contribution in [0.4, 0.5) is 5.69 Å². The molecular formula is C30H32N2O4S. The van der Waals surface area contributed by atoms with Crippen LogP contribution in [0.3, 0.4) is 0 Å². The fourth-order valence-electron chi connectivity index (χ4n) is 4.29. The number of nitrogens with zero attached hydrogens (tertiary/aromatic N) is 1. The molecule has 0 heterocycles. The van der Waals surface area contributed by atoms with Gasteiger partial charge in [0.2, 0.25) is 5.91 Å². The maximum Gasteiger partial charge on any atom is 0.264 e. The van der Waals surface area contributed by atoms with E-state index in [0.29, 0.717) is 18.0 Å². The second-order valence-corrected chi connectivity index (χ2v) is 11.1. The Morgan fingerprint density at radius 2 is 1.59 bits per heavy atom. The lowest BCUT2D eigenvalue weighted by Crippen LogP contribution is -2.42. The van der Waals surface area contributed by atoms with Gasteiger partial charge in [0, 0.05) is 6.54 Å². The molecule has 192 valence electrons. The van der Waals surface area contributed by atoms with Gasteiger partial charge in [0.25, 0.3) is 10.0 Å². The number of amides is 1. The van der Waals surface area contributed by atoms with Crippen molar-refractivity contribution in [3.63, 3.8) is 0 Å². The summed E-state index contributed by atoms with van der Waals surface area (Å²) in [5.41, 5.74) is 2.56. The Morgan fingerprint density at radius 1 is 0.919 bits per heavy atom. The van der Waals surface area contributed by atoms with Gasteiger partial charge in [-0.25, -0.2) is 8.42 Å². The predicted octanol–water partition coefficient (Wildman–Crippen LogP) is 5.35. The third-order valence-electron chi connectivity index (χ3n) is 6.35. The van der Waals surface area contributed by atoms with Crippen LogP contribution in [0.2, 0.25) is 0 Å². The molecule has 0 aromatic heterocycles. The van der Waals surface area contributed by atoms with Gasteiger partial charge in [0.1, 0.15) is 12.3 Å².